The van der Waals surface area contributed by atoms with Gasteiger partial charge >= 0.3 is 0 Å². The Bertz CT molecular complexity index is 870. The summed E-state index contributed by atoms with van der Waals surface area (Å²) in [6.45, 7) is 3.78. The van der Waals surface area contributed by atoms with Crippen molar-refractivity contribution >= 4 is 23.8 Å². The molecule has 8 heteroatoms. The molecule has 7 nitrogen and oxygen atoms in total. The van der Waals surface area contributed by atoms with Crippen LogP contribution in [0.4, 0.5) is 0 Å². The lowest BCUT2D eigenvalue weighted by Crippen LogP contribution is -2.23. The third-order valence-electron chi connectivity index (χ3n) is 3.28. The molecule has 0 aliphatic rings. The molecule has 0 saturated carbocycles. The number of aromatic nitrogens is 2. The summed E-state index contributed by atoms with van der Waals surface area (Å²) in [7, 11) is 0. The first-order valence-corrected chi connectivity index (χ1v) is 7.77. The minimum Gasteiger partial charge on any atom is -0.507 e. The average molecular weight is 346 g/mol. The predicted octanol–water partition coefficient (Wildman–Crippen LogP) is 1.92. The van der Waals surface area contributed by atoms with E-state index in [9.17, 15) is 14.7 Å². The van der Waals surface area contributed by atoms with Gasteiger partial charge in [-0.15, -0.1) is 0 Å². The van der Waals surface area contributed by atoms with Gasteiger partial charge in [0.2, 0.25) is 5.91 Å². The van der Waals surface area contributed by atoms with Crippen molar-refractivity contribution in [1.82, 2.24) is 15.4 Å². The number of hydrazone groups is 1. The number of hydrogen-bond donors (Lipinski definition) is 4. The van der Waals surface area contributed by atoms with Gasteiger partial charge in [0.05, 0.1) is 12.1 Å². The zero-order chi connectivity index (χ0) is 17.7. The molecule has 0 radical (unpaired) electrons. The fraction of sp³-hybridized carbons (Fsp3) is 0.250. The number of nitrogens with zero attached hydrogens (tertiary/aromatic N) is 1. The molecule has 0 spiro atoms. The molecule has 0 unspecified atom stereocenters. The van der Waals surface area contributed by atoms with Crippen LogP contribution in [-0.4, -0.2) is 26.7 Å². The molecule has 0 aliphatic heterocycles. The number of carbonyl (C=O) groups is 1. The molecule has 2 rings (SSSR count). The van der Waals surface area contributed by atoms with E-state index >= 15 is 0 Å². The summed E-state index contributed by atoms with van der Waals surface area (Å²) in [6.07, 6.45) is 0.471. The summed E-state index contributed by atoms with van der Waals surface area (Å²) in [6, 6.07) is 6.46. The molecule has 24 heavy (non-hydrogen) atoms. The fourth-order valence-electron chi connectivity index (χ4n) is 2.17. The van der Waals surface area contributed by atoms with Gasteiger partial charge in [0, 0.05) is 17.3 Å². The van der Waals surface area contributed by atoms with E-state index in [-0.39, 0.29) is 22.5 Å². The first kappa shape index (κ1) is 17.6. The Morgan fingerprint density at radius 1 is 1.33 bits per heavy atom. The largest absolute Gasteiger partial charge is 0.507 e. The van der Waals surface area contributed by atoms with Gasteiger partial charge in [-0.05, 0) is 37.7 Å². The number of aromatic amines is 2. The summed E-state index contributed by atoms with van der Waals surface area (Å²) in [5.41, 5.74) is 4.58. The van der Waals surface area contributed by atoms with Gasteiger partial charge in [-0.2, -0.15) is 5.10 Å². The molecule has 126 valence electrons. The fourth-order valence-corrected chi connectivity index (χ4v) is 2.40. The lowest BCUT2D eigenvalue weighted by Gasteiger charge is -2.08. The van der Waals surface area contributed by atoms with Gasteiger partial charge in [-0.1, -0.05) is 18.6 Å². The third-order valence-corrected chi connectivity index (χ3v) is 3.48. The van der Waals surface area contributed by atoms with E-state index < -0.39 is 5.91 Å². The van der Waals surface area contributed by atoms with Crippen LogP contribution in [0, 0.1) is 11.7 Å². The summed E-state index contributed by atoms with van der Waals surface area (Å²) >= 11 is 4.86. The monoisotopic (exact) mass is 346 g/mol. The van der Waals surface area contributed by atoms with Crippen LogP contribution in [0.3, 0.4) is 0 Å². The molecule has 1 aromatic heterocycles. The highest BCUT2D eigenvalue weighted by Gasteiger charge is 2.09. The highest BCUT2D eigenvalue weighted by Crippen LogP contribution is 2.20. The molecule has 0 atom stereocenters. The highest BCUT2D eigenvalue weighted by atomic mass is 32.1. The Morgan fingerprint density at radius 2 is 2.08 bits per heavy atom. The molecule has 0 fully saturated rings. The summed E-state index contributed by atoms with van der Waals surface area (Å²) in [4.78, 5) is 28.5. The van der Waals surface area contributed by atoms with Crippen molar-refractivity contribution in [2.75, 3.05) is 0 Å². The van der Waals surface area contributed by atoms with Crippen molar-refractivity contribution in [2.45, 2.75) is 26.7 Å². The smallest absolute Gasteiger partial charge is 0.251 e. The number of aryl methyl sites for hydroxylation is 1. The van der Waals surface area contributed by atoms with Crippen LogP contribution >= 0.6 is 12.2 Å². The number of hydrogen-bond acceptors (Lipinski definition) is 5. The van der Waals surface area contributed by atoms with Gasteiger partial charge in [0.25, 0.3) is 5.56 Å². The second-order valence-electron chi connectivity index (χ2n) is 5.26. The number of phenols is 1. The molecule has 2 aromatic rings. The summed E-state index contributed by atoms with van der Waals surface area (Å²) < 4.78 is 0.160. The van der Waals surface area contributed by atoms with E-state index in [1.54, 1.807) is 18.2 Å². The maximum absolute atomic E-state index is 12.0. The Morgan fingerprint density at radius 3 is 2.75 bits per heavy atom. The van der Waals surface area contributed by atoms with E-state index in [4.69, 9.17) is 12.2 Å². The maximum Gasteiger partial charge on any atom is 0.251 e. The van der Waals surface area contributed by atoms with Crippen molar-refractivity contribution < 1.29 is 9.90 Å². The second kappa shape index (κ2) is 7.69. The first-order chi connectivity index (χ1) is 11.4. The number of carbonyl (C=O) groups excluding carboxylic acids is 1. The molecular formula is C16H18N4O3S. The summed E-state index contributed by atoms with van der Waals surface area (Å²) in [5.74, 6) is -0.293. The van der Waals surface area contributed by atoms with Crippen LogP contribution in [0.15, 0.2) is 34.2 Å². The van der Waals surface area contributed by atoms with Crippen molar-refractivity contribution in [2.24, 2.45) is 5.10 Å². The van der Waals surface area contributed by atoms with Gasteiger partial charge in [0.15, 0.2) is 4.77 Å². The van der Waals surface area contributed by atoms with Crippen LogP contribution in [0.1, 0.15) is 30.2 Å². The van der Waals surface area contributed by atoms with E-state index in [1.165, 1.54) is 6.07 Å². The molecule has 0 bridgehead atoms. The van der Waals surface area contributed by atoms with Gasteiger partial charge in [-0.25, -0.2) is 5.43 Å². The topological polar surface area (TPSA) is 110 Å². The normalized spacial score (nSPS) is 11.3. The number of benzene rings is 1. The van der Waals surface area contributed by atoms with Gasteiger partial charge in [-0.3, -0.25) is 14.6 Å². The zero-order valence-electron chi connectivity index (χ0n) is 13.3. The van der Waals surface area contributed by atoms with Crippen molar-refractivity contribution in [3.05, 3.63) is 56.2 Å². The van der Waals surface area contributed by atoms with Gasteiger partial charge in [0.1, 0.15) is 5.75 Å². The standard InChI is InChI=1S/C16H18N4O3S/c1-3-12(11-6-9(2)4-5-13(11)21)19-20-15(23)8-10-7-14(22)18-16(24)17-10/h4-7,21H,3,8H2,1-2H3,(H,20,23)(H2,17,18,22,24)/b19-12+. The van der Waals surface area contributed by atoms with Crippen LogP contribution in [0.25, 0.3) is 0 Å². The lowest BCUT2D eigenvalue weighted by molar-refractivity contribution is -0.120. The second-order valence-corrected chi connectivity index (χ2v) is 5.67. The number of nitrogens with one attached hydrogen (secondary N) is 3. The van der Waals surface area contributed by atoms with E-state index in [0.717, 1.165) is 5.56 Å². The number of rotatable bonds is 5. The molecule has 0 saturated heterocycles. The summed E-state index contributed by atoms with van der Waals surface area (Å²) in [5, 5.41) is 14.0. The molecule has 4 N–H and O–H groups in total. The third kappa shape index (κ3) is 4.63. The van der Waals surface area contributed by atoms with Crippen LogP contribution in [0.2, 0.25) is 0 Å². The number of H-pyrrole nitrogens is 2. The average Bonchev–Trinajstić information content (AvgIpc) is 2.50. The molecule has 1 aromatic carbocycles. The Labute approximate surface area is 143 Å². The van der Waals surface area contributed by atoms with E-state index in [2.05, 4.69) is 20.5 Å². The van der Waals surface area contributed by atoms with E-state index in [1.807, 2.05) is 13.8 Å². The predicted molar refractivity (Wildman–Crippen MR) is 93.8 cm³/mol. The van der Waals surface area contributed by atoms with Crippen LogP contribution in [-0.2, 0) is 11.2 Å². The highest BCUT2D eigenvalue weighted by molar-refractivity contribution is 7.71. The maximum atomic E-state index is 12.0. The first-order valence-electron chi connectivity index (χ1n) is 7.37. The minimum absolute atomic E-state index is 0.0617. The van der Waals surface area contributed by atoms with Crippen molar-refractivity contribution in [3.63, 3.8) is 0 Å². The SMILES string of the molecule is CC/C(=N\NC(=O)Cc1cc(=O)[nH]c(=S)[nH]1)c1cc(C)ccc1O. The van der Waals surface area contributed by atoms with E-state index in [0.29, 0.717) is 23.4 Å². The zero-order valence-corrected chi connectivity index (χ0v) is 14.2. The Kier molecular flexibility index (Phi) is 5.64. The number of phenolic OH excluding ortho intramolecular Hbond substituents is 1. The van der Waals surface area contributed by atoms with Gasteiger partial charge < -0.3 is 10.1 Å². The number of aromatic hydroxyl groups is 1. The molecule has 1 amide bonds. The molecule has 1 heterocycles. The quantitative estimate of drug-likeness (QED) is 0.376. The molecule has 0 aliphatic carbocycles. The Balaban J connectivity index is 2.15. The Hall–Kier alpha value is -2.74. The lowest BCUT2D eigenvalue weighted by atomic mass is 10.0. The number of amides is 1. The van der Waals surface area contributed by atoms with Crippen molar-refractivity contribution in [3.8, 4) is 5.75 Å². The minimum atomic E-state index is -0.399. The molecular weight excluding hydrogens is 328 g/mol. The van der Waals surface area contributed by atoms with Crippen LogP contribution in [0.5, 0.6) is 5.75 Å². The van der Waals surface area contributed by atoms with Crippen molar-refractivity contribution in [1.29, 1.82) is 0 Å². The van der Waals surface area contributed by atoms with Crippen LogP contribution < -0.4 is 11.0 Å².